The minimum atomic E-state index is -0.929. The highest BCUT2D eigenvalue weighted by molar-refractivity contribution is 5.97. The predicted molar refractivity (Wildman–Crippen MR) is 156 cm³/mol. The molecule has 5 fully saturated rings. The fourth-order valence-corrected chi connectivity index (χ4v) is 7.81. The van der Waals surface area contributed by atoms with Crippen molar-refractivity contribution in [3.8, 4) is 0 Å². The summed E-state index contributed by atoms with van der Waals surface area (Å²) >= 11 is 0. The van der Waals surface area contributed by atoms with Gasteiger partial charge in [-0.2, -0.15) is 0 Å². The molecule has 228 valence electrons. The van der Waals surface area contributed by atoms with Gasteiger partial charge in [-0.25, -0.2) is 4.79 Å². The highest BCUT2D eigenvalue weighted by Crippen LogP contribution is 2.53. The molecule has 3 N–H and O–H groups in total. The van der Waals surface area contributed by atoms with Gasteiger partial charge in [0.25, 0.3) is 5.56 Å². The molecule has 2 unspecified atom stereocenters. The molecule has 4 saturated carbocycles. The van der Waals surface area contributed by atoms with Crippen LogP contribution in [-0.2, 0) is 30.5 Å². The van der Waals surface area contributed by atoms with Crippen LogP contribution in [0.25, 0.3) is 0 Å². The van der Waals surface area contributed by atoms with Crippen LogP contribution in [0.5, 0.6) is 0 Å². The minimum absolute atomic E-state index is 0.0345. The van der Waals surface area contributed by atoms with Crippen LogP contribution in [0.15, 0.2) is 35.3 Å². The number of amides is 3. The number of carbonyl (C=O) groups is 4. The van der Waals surface area contributed by atoms with Gasteiger partial charge in [-0.05, 0) is 107 Å². The Morgan fingerprint density at radius 3 is 2.45 bits per heavy atom. The molecule has 11 heteroatoms. The summed E-state index contributed by atoms with van der Waals surface area (Å²) in [6.07, 6.45) is 12.6. The molecule has 0 radical (unpaired) electrons. The third kappa shape index (κ3) is 6.94. The number of rotatable bonds is 11. The molecular formula is C31H43N5O6. The molecule has 6 rings (SSSR count). The number of carbonyl (C=O) groups excluding carboxylic acids is 4. The predicted octanol–water partition coefficient (Wildman–Crippen LogP) is 1.82. The molecule has 1 saturated heterocycles. The van der Waals surface area contributed by atoms with Gasteiger partial charge in [0.1, 0.15) is 18.3 Å². The van der Waals surface area contributed by atoms with E-state index in [1.165, 1.54) is 55.9 Å². The van der Waals surface area contributed by atoms with Crippen molar-refractivity contribution in [1.82, 2.24) is 20.1 Å². The monoisotopic (exact) mass is 581 g/mol. The lowest BCUT2D eigenvalue weighted by Crippen LogP contribution is -2.56. The van der Waals surface area contributed by atoms with E-state index in [1.807, 2.05) is 11.9 Å². The van der Waals surface area contributed by atoms with E-state index in [9.17, 15) is 24.0 Å². The molecule has 0 spiro atoms. The molecule has 0 aromatic carbocycles. The van der Waals surface area contributed by atoms with Gasteiger partial charge in [-0.3, -0.25) is 24.1 Å². The quantitative estimate of drug-likeness (QED) is 0.268. The first-order valence-electron chi connectivity index (χ1n) is 15.3. The van der Waals surface area contributed by atoms with E-state index in [0.29, 0.717) is 24.7 Å². The second kappa shape index (κ2) is 13.2. The van der Waals surface area contributed by atoms with Gasteiger partial charge in [0, 0.05) is 18.3 Å². The van der Waals surface area contributed by atoms with Gasteiger partial charge in [0.15, 0.2) is 0 Å². The molecule has 2 heterocycles. The lowest BCUT2D eigenvalue weighted by Gasteiger charge is -2.54. The van der Waals surface area contributed by atoms with Gasteiger partial charge in [0.05, 0.1) is 13.2 Å². The van der Waals surface area contributed by atoms with Crippen LogP contribution in [0, 0.1) is 23.7 Å². The topological polar surface area (TPSA) is 139 Å². The van der Waals surface area contributed by atoms with E-state index < -0.39 is 23.5 Å². The first kappa shape index (κ1) is 30.0. The number of esters is 1. The Kier molecular flexibility index (Phi) is 9.45. The largest absolute Gasteiger partial charge is 0.466 e. The maximum absolute atomic E-state index is 13.3. The average Bonchev–Trinajstić information content (AvgIpc) is 3.39. The van der Waals surface area contributed by atoms with Crippen molar-refractivity contribution in [2.75, 3.05) is 26.0 Å². The standard InChI is InChI=1S/C31H43N5O6/c1-35-11-6-9-25(35)30(40)32-23(7-3-4-10-27(38)42-2)29(39)33-24-8-5-12-36(31(24)41)18-26(37)34-28-21-14-19-13-20(16-21)17-22(28)15-19/h4-5,8,10,12,19-23,25,28H,3,6-7,9,11,13-18H2,1-2H3,(H,32,40)(H,33,39)(H,34,37)/b10-4+. The van der Waals surface area contributed by atoms with E-state index in [-0.39, 0.29) is 42.6 Å². The van der Waals surface area contributed by atoms with E-state index in [2.05, 4.69) is 20.7 Å². The van der Waals surface area contributed by atoms with E-state index in [1.54, 1.807) is 18.3 Å². The van der Waals surface area contributed by atoms with Crippen molar-refractivity contribution in [3.63, 3.8) is 0 Å². The number of aromatic nitrogens is 1. The summed E-state index contributed by atoms with van der Waals surface area (Å²) in [5.74, 6) is 1.19. The van der Waals surface area contributed by atoms with Crippen LogP contribution in [0.1, 0.15) is 57.8 Å². The number of hydrogen-bond donors (Lipinski definition) is 3. The highest BCUT2D eigenvalue weighted by atomic mass is 16.5. The Morgan fingerprint density at radius 1 is 1.10 bits per heavy atom. The van der Waals surface area contributed by atoms with E-state index in [0.717, 1.165) is 24.8 Å². The normalized spacial score (nSPS) is 28.9. The first-order valence-corrected chi connectivity index (χ1v) is 15.3. The molecule has 1 aromatic rings. The van der Waals surface area contributed by atoms with Crippen LogP contribution in [0.4, 0.5) is 5.69 Å². The van der Waals surface area contributed by atoms with Crippen molar-refractivity contribution in [3.05, 3.63) is 40.8 Å². The van der Waals surface area contributed by atoms with Crippen molar-refractivity contribution in [2.24, 2.45) is 23.7 Å². The molecule has 2 atom stereocenters. The van der Waals surface area contributed by atoms with E-state index >= 15 is 0 Å². The number of ether oxygens (including phenoxy) is 1. The molecule has 11 nitrogen and oxygen atoms in total. The summed E-state index contributed by atoms with van der Waals surface area (Å²) in [7, 11) is 3.15. The maximum atomic E-state index is 13.3. The van der Waals surface area contributed by atoms with Crippen LogP contribution in [-0.4, -0.2) is 72.0 Å². The average molecular weight is 582 g/mol. The number of nitrogens with one attached hydrogen (secondary N) is 3. The third-order valence-electron chi connectivity index (χ3n) is 9.68. The van der Waals surface area contributed by atoms with Crippen LogP contribution in [0.3, 0.4) is 0 Å². The SMILES string of the molecule is COC(=O)/C=C/CCC(NC(=O)C1CCCN1C)C(=O)Nc1cccn(CC(=O)NC2C3CC4CC(C3)CC2C4)c1=O. The van der Waals surface area contributed by atoms with E-state index in [4.69, 9.17) is 0 Å². The first-order chi connectivity index (χ1) is 20.2. The number of methoxy groups -OCH3 is 1. The fraction of sp³-hybridized carbons (Fsp3) is 0.645. The molecule has 4 bridgehead atoms. The van der Waals surface area contributed by atoms with Crippen LogP contribution < -0.4 is 21.5 Å². The highest BCUT2D eigenvalue weighted by Gasteiger charge is 2.48. The molecule has 3 amide bonds. The second-order valence-electron chi connectivity index (χ2n) is 12.6. The van der Waals surface area contributed by atoms with Crippen molar-refractivity contribution in [2.45, 2.75) is 82.5 Å². The Morgan fingerprint density at radius 2 is 1.81 bits per heavy atom. The minimum Gasteiger partial charge on any atom is -0.466 e. The zero-order valence-corrected chi connectivity index (χ0v) is 24.6. The molecule has 4 aliphatic carbocycles. The van der Waals surface area contributed by atoms with Gasteiger partial charge in [-0.1, -0.05) is 6.08 Å². The maximum Gasteiger partial charge on any atom is 0.330 e. The number of likely N-dealkylation sites (tertiary alicyclic amines) is 1. The second-order valence-corrected chi connectivity index (χ2v) is 12.6. The van der Waals surface area contributed by atoms with Crippen molar-refractivity contribution >= 4 is 29.4 Å². The Labute approximate surface area is 246 Å². The number of nitrogens with zero attached hydrogens (tertiary/aromatic N) is 2. The van der Waals surface area contributed by atoms with Gasteiger partial charge in [-0.15, -0.1) is 0 Å². The summed E-state index contributed by atoms with van der Waals surface area (Å²) in [4.78, 5) is 66.0. The van der Waals surface area contributed by atoms with Gasteiger partial charge >= 0.3 is 5.97 Å². The summed E-state index contributed by atoms with van der Waals surface area (Å²) in [6.45, 7) is 0.675. The Bertz CT molecular complexity index is 1250. The molecule has 1 aliphatic heterocycles. The Hall–Kier alpha value is -3.47. The van der Waals surface area contributed by atoms with Gasteiger partial charge in [0.2, 0.25) is 17.7 Å². The summed E-state index contributed by atoms with van der Waals surface area (Å²) < 4.78 is 5.91. The number of allylic oxidation sites excluding steroid dienone is 1. The fourth-order valence-electron chi connectivity index (χ4n) is 7.81. The van der Waals surface area contributed by atoms with Gasteiger partial charge < -0.3 is 25.3 Å². The van der Waals surface area contributed by atoms with Crippen molar-refractivity contribution in [1.29, 1.82) is 0 Å². The molecule has 42 heavy (non-hydrogen) atoms. The van der Waals surface area contributed by atoms with Crippen LogP contribution >= 0.6 is 0 Å². The molecular weight excluding hydrogens is 538 g/mol. The zero-order valence-electron chi connectivity index (χ0n) is 24.6. The number of pyridine rings is 1. The number of likely N-dealkylation sites (N-methyl/N-ethyl adjacent to an activating group) is 1. The third-order valence-corrected chi connectivity index (χ3v) is 9.68. The smallest absolute Gasteiger partial charge is 0.330 e. The summed E-state index contributed by atoms with van der Waals surface area (Å²) in [6, 6.07) is 2.04. The lowest BCUT2D eigenvalue weighted by molar-refractivity contribution is -0.135. The lowest BCUT2D eigenvalue weighted by atomic mass is 9.54. The number of hydrogen-bond acceptors (Lipinski definition) is 7. The van der Waals surface area contributed by atoms with Crippen molar-refractivity contribution < 1.29 is 23.9 Å². The molecule has 5 aliphatic rings. The number of anilines is 1. The molecule has 1 aromatic heterocycles. The zero-order chi connectivity index (χ0) is 29.8. The Balaban J connectivity index is 1.22. The van der Waals surface area contributed by atoms with Crippen LogP contribution in [0.2, 0.25) is 0 Å². The summed E-state index contributed by atoms with van der Waals surface area (Å²) in [5, 5.41) is 8.73. The summed E-state index contributed by atoms with van der Waals surface area (Å²) in [5.41, 5.74) is -0.454.